The molecule has 21 heavy (non-hydrogen) atoms. The maximum absolute atomic E-state index is 11.9. The lowest BCUT2D eigenvalue weighted by Gasteiger charge is -2.08. The van der Waals surface area contributed by atoms with Gasteiger partial charge in [0.15, 0.2) is 0 Å². The topological polar surface area (TPSA) is 101 Å². The minimum atomic E-state index is -0.766. The number of amides is 3. The van der Waals surface area contributed by atoms with Crippen LogP contribution in [0.15, 0.2) is 0 Å². The molecule has 0 saturated heterocycles. The van der Waals surface area contributed by atoms with Crippen LogP contribution in [0, 0.1) is 5.92 Å². The minimum absolute atomic E-state index is 0.258. The summed E-state index contributed by atoms with van der Waals surface area (Å²) >= 11 is 1.33. The summed E-state index contributed by atoms with van der Waals surface area (Å²) in [5, 5.41) is 5.44. The molecule has 2 rings (SSSR count). The van der Waals surface area contributed by atoms with E-state index in [-0.39, 0.29) is 5.92 Å². The van der Waals surface area contributed by atoms with Crippen molar-refractivity contribution in [1.29, 1.82) is 0 Å². The second-order valence-corrected chi connectivity index (χ2v) is 6.59. The summed E-state index contributed by atoms with van der Waals surface area (Å²) in [5.41, 5.74) is 6.68. The molecule has 1 aromatic heterocycles. The Kier molecular flexibility index (Phi) is 4.62. The molecule has 4 N–H and O–H groups in total. The zero-order chi connectivity index (χ0) is 15.6. The number of thiophene rings is 1. The molecule has 1 aromatic rings. The largest absolute Gasteiger partial charge is 0.365 e. The lowest BCUT2D eigenvalue weighted by molar-refractivity contribution is -0.136. The molecule has 0 aromatic carbocycles. The smallest absolute Gasteiger partial charge is 0.314 e. The monoisotopic (exact) mass is 309 g/mol. The first-order valence-electron chi connectivity index (χ1n) is 6.93. The molecule has 0 aliphatic heterocycles. The summed E-state index contributed by atoms with van der Waals surface area (Å²) < 4.78 is 0. The van der Waals surface area contributed by atoms with Gasteiger partial charge in [-0.1, -0.05) is 13.8 Å². The molecule has 0 atom stereocenters. The van der Waals surface area contributed by atoms with Gasteiger partial charge in [0.2, 0.25) is 0 Å². The van der Waals surface area contributed by atoms with Crippen molar-refractivity contribution < 1.29 is 14.4 Å². The van der Waals surface area contributed by atoms with E-state index in [1.165, 1.54) is 11.3 Å². The highest BCUT2D eigenvalue weighted by Gasteiger charge is 2.27. The van der Waals surface area contributed by atoms with Crippen LogP contribution >= 0.6 is 11.3 Å². The molecule has 0 saturated carbocycles. The third-order valence-electron chi connectivity index (χ3n) is 3.27. The Labute approximate surface area is 127 Å². The Morgan fingerprint density at radius 3 is 2.57 bits per heavy atom. The zero-order valence-corrected chi connectivity index (χ0v) is 12.9. The predicted octanol–water partition coefficient (Wildman–Crippen LogP) is 1.05. The van der Waals surface area contributed by atoms with Gasteiger partial charge in [-0.15, -0.1) is 11.3 Å². The Bertz CT molecular complexity index is 593. The van der Waals surface area contributed by atoms with E-state index in [4.69, 9.17) is 5.73 Å². The van der Waals surface area contributed by atoms with Crippen LogP contribution in [-0.2, 0) is 22.4 Å². The van der Waals surface area contributed by atoms with E-state index in [9.17, 15) is 14.4 Å². The van der Waals surface area contributed by atoms with Crippen molar-refractivity contribution in [2.75, 3.05) is 11.9 Å². The van der Waals surface area contributed by atoms with E-state index in [1.807, 2.05) is 13.8 Å². The van der Waals surface area contributed by atoms with Crippen molar-refractivity contribution in [3.05, 3.63) is 16.0 Å². The minimum Gasteiger partial charge on any atom is -0.365 e. The summed E-state index contributed by atoms with van der Waals surface area (Å²) in [6.07, 6.45) is 2.67. The van der Waals surface area contributed by atoms with Crippen LogP contribution in [0.3, 0.4) is 0 Å². The Morgan fingerprint density at radius 2 is 1.95 bits per heavy atom. The van der Waals surface area contributed by atoms with Crippen LogP contribution in [-0.4, -0.2) is 24.3 Å². The number of carbonyl (C=O) groups is 3. The first-order valence-corrected chi connectivity index (χ1v) is 7.75. The van der Waals surface area contributed by atoms with Gasteiger partial charge in [0.1, 0.15) is 5.00 Å². The van der Waals surface area contributed by atoms with Crippen LogP contribution in [0.4, 0.5) is 5.00 Å². The normalized spacial score (nSPS) is 13.1. The number of nitrogens with one attached hydrogen (secondary N) is 2. The van der Waals surface area contributed by atoms with Gasteiger partial charge >= 0.3 is 11.8 Å². The summed E-state index contributed by atoms with van der Waals surface area (Å²) in [7, 11) is 0. The van der Waals surface area contributed by atoms with Gasteiger partial charge in [0.25, 0.3) is 5.91 Å². The molecular formula is C14H19N3O3S. The van der Waals surface area contributed by atoms with Crippen molar-refractivity contribution in [1.82, 2.24) is 5.32 Å². The molecule has 0 fully saturated rings. The number of hydrogen-bond donors (Lipinski definition) is 3. The lowest BCUT2D eigenvalue weighted by Crippen LogP contribution is -2.37. The molecule has 0 unspecified atom stereocenters. The molecule has 0 radical (unpaired) electrons. The second-order valence-electron chi connectivity index (χ2n) is 5.48. The summed E-state index contributed by atoms with van der Waals surface area (Å²) in [5.74, 6) is -1.77. The number of fused-ring (bicyclic) bond motifs is 1. The van der Waals surface area contributed by atoms with Crippen LogP contribution in [0.25, 0.3) is 0 Å². The van der Waals surface area contributed by atoms with E-state index >= 15 is 0 Å². The Hall–Kier alpha value is -1.89. The first-order chi connectivity index (χ1) is 9.90. The van der Waals surface area contributed by atoms with Gasteiger partial charge in [-0.05, 0) is 30.7 Å². The molecule has 1 aliphatic carbocycles. The third-order valence-corrected chi connectivity index (χ3v) is 4.48. The average molecular weight is 309 g/mol. The van der Waals surface area contributed by atoms with Crippen molar-refractivity contribution >= 4 is 34.1 Å². The fourth-order valence-corrected chi connectivity index (χ4v) is 3.58. The molecule has 0 bridgehead atoms. The summed E-state index contributed by atoms with van der Waals surface area (Å²) in [6.45, 7) is 4.30. The first kappa shape index (κ1) is 15.5. The van der Waals surface area contributed by atoms with E-state index < -0.39 is 17.7 Å². The number of carbonyl (C=O) groups excluding carboxylic acids is 3. The van der Waals surface area contributed by atoms with E-state index in [2.05, 4.69) is 10.6 Å². The van der Waals surface area contributed by atoms with Crippen molar-refractivity contribution in [2.45, 2.75) is 33.1 Å². The highest BCUT2D eigenvalue weighted by Crippen LogP contribution is 2.38. The molecular weight excluding hydrogens is 290 g/mol. The van der Waals surface area contributed by atoms with Gasteiger partial charge in [0, 0.05) is 11.4 Å². The van der Waals surface area contributed by atoms with Gasteiger partial charge in [-0.3, -0.25) is 14.4 Å². The number of aryl methyl sites for hydroxylation is 1. The van der Waals surface area contributed by atoms with E-state index in [0.29, 0.717) is 17.1 Å². The summed E-state index contributed by atoms with van der Waals surface area (Å²) in [4.78, 5) is 36.2. The van der Waals surface area contributed by atoms with Crippen molar-refractivity contribution in [3.8, 4) is 0 Å². The SMILES string of the molecule is CC(C)CNC(=O)C(=O)Nc1sc2c(c1C(N)=O)CCC2. The summed E-state index contributed by atoms with van der Waals surface area (Å²) in [6, 6.07) is 0. The standard InChI is InChI=1S/C14H19N3O3S/c1-7(2)6-16-12(19)13(20)17-14-10(11(15)18)8-4-3-5-9(8)21-14/h7H,3-6H2,1-2H3,(H2,15,18)(H,16,19)(H,17,20). The number of nitrogens with two attached hydrogens (primary N) is 1. The molecule has 0 spiro atoms. The third kappa shape index (κ3) is 3.41. The van der Waals surface area contributed by atoms with Gasteiger partial charge < -0.3 is 16.4 Å². The quantitative estimate of drug-likeness (QED) is 0.724. The second kappa shape index (κ2) is 6.26. The molecule has 7 heteroatoms. The maximum atomic E-state index is 11.9. The van der Waals surface area contributed by atoms with E-state index in [1.54, 1.807) is 0 Å². The number of anilines is 1. The molecule has 1 heterocycles. The van der Waals surface area contributed by atoms with Crippen LogP contribution in [0.5, 0.6) is 0 Å². The van der Waals surface area contributed by atoms with Gasteiger partial charge in [-0.25, -0.2) is 0 Å². The Balaban J connectivity index is 2.11. The average Bonchev–Trinajstić information content (AvgIpc) is 2.95. The lowest BCUT2D eigenvalue weighted by atomic mass is 10.1. The number of rotatable bonds is 4. The molecule has 1 aliphatic rings. The van der Waals surface area contributed by atoms with Crippen molar-refractivity contribution in [2.24, 2.45) is 11.7 Å². The fraction of sp³-hybridized carbons (Fsp3) is 0.500. The van der Waals surface area contributed by atoms with Gasteiger partial charge in [0.05, 0.1) is 5.56 Å². The number of hydrogen-bond acceptors (Lipinski definition) is 4. The molecule has 6 nitrogen and oxygen atoms in total. The molecule has 114 valence electrons. The predicted molar refractivity (Wildman–Crippen MR) is 81.3 cm³/mol. The van der Waals surface area contributed by atoms with Crippen molar-refractivity contribution in [3.63, 3.8) is 0 Å². The Morgan fingerprint density at radius 1 is 1.24 bits per heavy atom. The highest BCUT2D eigenvalue weighted by atomic mass is 32.1. The highest BCUT2D eigenvalue weighted by molar-refractivity contribution is 7.17. The fourth-order valence-electron chi connectivity index (χ4n) is 2.29. The van der Waals surface area contributed by atoms with Crippen LogP contribution in [0.1, 0.15) is 41.1 Å². The molecule has 3 amide bonds. The zero-order valence-electron chi connectivity index (χ0n) is 12.1. The van der Waals surface area contributed by atoms with Crippen LogP contribution in [0.2, 0.25) is 0 Å². The maximum Gasteiger partial charge on any atom is 0.314 e. The van der Waals surface area contributed by atoms with Gasteiger partial charge in [-0.2, -0.15) is 0 Å². The van der Waals surface area contributed by atoms with Crippen LogP contribution < -0.4 is 16.4 Å². The number of primary amides is 1. The van der Waals surface area contributed by atoms with E-state index in [0.717, 1.165) is 29.7 Å².